The Balaban J connectivity index is 2.45. The minimum atomic E-state index is -0.192. The van der Waals surface area contributed by atoms with Crippen LogP contribution in [0.3, 0.4) is 0 Å². The van der Waals surface area contributed by atoms with Gasteiger partial charge in [-0.2, -0.15) is 0 Å². The normalized spacial score (nSPS) is 15.4. The number of carbonyl (C=O) groups excluding carboxylic acids is 2. The van der Waals surface area contributed by atoms with Gasteiger partial charge in [-0.25, -0.2) is 4.39 Å². The maximum atomic E-state index is 13.3. The minimum absolute atomic E-state index is 0.148. The molecule has 0 saturated heterocycles. The van der Waals surface area contributed by atoms with E-state index in [1.54, 1.807) is 6.08 Å². The summed E-state index contributed by atoms with van der Waals surface area (Å²) in [5.41, 5.74) is 0.449. The maximum absolute atomic E-state index is 13.3. The van der Waals surface area contributed by atoms with Gasteiger partial charge in [0.15, 0.2) is 5.78 Å². The molecular formula is C13H16FNO2. The summed E-state index contributed by atoms with van der Waals surface area (Å²) in [6.45, 7) is 0. The number of nitrogens with one attached hydrogen (secondary N) is 1. The molecule has 3 nitrogen and oxygen atoms in total. The summed E-state index contributed by atoms with van der Waals surface area (Å²) < 4.78 is 13.3. The van der Waals surface area contributed by atoms with Crippen LogP contribution in [0.15, 0.2) is 35.7 Å². The van der Waals surface area contributed by atoms with Crippen LogP contribution in [0, 0.1) is 0 Å². The van der Waals surface area contributed by atoms with E-state index >= 15 is 0 Å². The van der Waals surface area contributed by atoms with Crippen molar-refractivity contribution in [3.8, 4) is 0 Å². The first-order chi connectivity index (χ1) is 8.13. The Kier molecular flexibility index (Phi) is 5.33. The molecule has 1 aliphatic carbocycles. The van der Waals surface area contributed by atoms with Gasteiger partial charge in [0.05, 0.1) is 0 Å². The van der Waals surface area contributed by atoms with Gasteiger partial charge in [0.2, 0.25) is 5.91 Å². The number of allylic oxidation sites excluding steroid dienone is 6. The lowest BCUT2D eigenvalue weighted by molar-refractivity contribution is -0.123. The molecule has 17 heavy (non-hydrogen) atoms. The highest BCUT2D eigenvalue weighted by Crippen LogP contribution is 2.20. The lowest BCUT2D eigenvalue weighted by Crippen LogP contribution is -2.18. The molecule has 0 aromatic heterocycles. The number of carbonyl (C=O) groups is 2. The molecule has 0 aliphatic heterocycles. The van der Waals surface area contributed by atoms with Crippen molar-refractivity contribution in [2.24, 2.45) is 0 Å². The Morgan fingerprint density at radius 2 is 2.24 bits per heavy atom. The quantitative estimate of drug-likeness (QED) is 0.745. The van der Waals surface area contributed by atoms with Crippen molar-refractivity contribution >= 4 is 11.7 Å². The van der Waals surface area contributed by atoms with Gasteiger partial charge in [0, 0.05) is 31.9 Å². The first-order valence-corrected chi connectivity index (χ1v) is 5.60. The van der Waals surface area contributed by atoms with E-state index < -0.39 is 0 Å². The van der Waals surface area contributed by atoms with Crippen LogP contribution in [0.2, 0.25) is 0 Å². The number of rotatable bonds is 5. The van der Waals surface area contributed by atoms with Gasteiger partial charge in [0.25, 0.3) is 0 Å². The van der Waals surface area contributed by atoms with E-state index in [1.165, 1.54) is 19.2 Å². The molecule has 0 unspecified atom stereocenters. The zero-order chi connectivity index (χ0) is 12.7. The van der Waals surface area contributed by atoms with E-state index in [2.05, 4.69) is 5.32 Å². The number of ketones is 1. The third-order valence-electron chi connectivity index (χ3n) is 2.47. The van der Waals surface area contributed by atoms with Crippen molar-refractivity contribution in [3.05, 3.63) is 35.7 Å². The van der Waals surface area contributed by atoms with E-state index in [0.29, 0.717) is 18.4 Å². The van der Waals surface area contributed by atoms with Gasteiger partial charge in [0.1, 0.15) is 5.83 Å². The molecule has 92 valence electrons. The van der Waals surface area contributed by atoms with Gasteiger partial charge in [-0.05, 0) is 18.6 Å². The van der Waals surface area contributed by atoms with Gasteiger partial charge in [-0.15, -0.1) is 0 Å². The van der Waals surface area contributed by atoms with Crippen molar-refractivity contribution in [1.82, 2.24) is 5.32 Å². The molecule has 0 aromatic rings. The van der Waals surface area contributed by atoms with Crippen molar-refractivity contribution < 1.29 is 14.0 Å². The number of hydrogen-bond donors (Lipinski definition) is 1. The fraction of sp³-hybridized carbons (Fsp3) is 0.385. The van der Waals surface area contributed by atoms with Gasteiger partial charge in [-0.3, -0.25) is 9.59 Å². The smallest absolute Gasteiger partial charge is 0.220 e. The summed E-state index contributed by atoms with van der Waals surface area (Å²) in [6, 6.07) is 0. The molecule has 0 spiro atoms. The van der Waals surface area contributed by atoms with Crippen LogP contribution in [0.5, 0.6) is 0 Å². The molecule has 1 aliphatic rings. The van der Waals surface area contributed by atoms with Crippen LogP contribution < -0.4 is 5.32 Å². The molecule has 0 aromatic carbocycles. The number of amides is 1. The summed E-state index contributed by atoms with van der Waals surface area (Å²) in [7, 11) is 1.52. The third-order valence-corrected chi connectivity index (χ3v) is 2.47. The molecule has 0 atom stereocenters. The van der Waals surface area contributed by atoms with E-state index in [-0.39, 0.29) is 30.4 Å². The van der Waals surface area contributed by atoms with E-state index in [4.69, 9.17) is 0 Å². The topological polar surface area (TPSA) is 46.2 Å². The Morgan fingerprint density at radius 1 is 1.47 bits per heavy atom. The zero-order valence-electron chi connectivity index (χ0n) is 9.83. The Labute approximate surface area is 100 Å². The summed E-state index contributed by atoms with van der Waals surface area (Å²) in [5, 5.41) is 2.44. The SMILES string of the molecule is CNC(=O)CCC(=O)/C=C/C1=C(F)CCC=C1. The van der Waals surface area contributed by atoms with Crippen molar-refractivity contribution in [2.75, 3.05) is 7.05 Å². The zero-order valence-corrected chi connectivity index (χ0v) is 9.83. The Hall–Kier alpha value is -1.71. The summed E-state index contributed by atoms with van der Waals surface area (Å²) in [6.07, 6.45) is 7.74. The third kappa shape index (κ3) is 4.76. The molecule has 0 bridgehead atoms. The summed E-state index contributed by atoms with van der Waals surface area (Å²) in [4.78, 5) is 22.3. The molecule has 0 fully saturated rings. The Morgan fingerprint density at radius 3 is 2.88 bits per heavy atom. The molecule has 0 radical (unpaired) electrons. The number of hydrogen-bond acceptors (Lipinski definition) is 2. The standard InChI is InChI=1S/C13H16FNO2/c1-15-13(17)9-8-11(16)7-6-10-4-2-3-5-12(10)14/h2,4,6-7H,3,5,8-9H2,1H3,(H,15,17)/b7-6+. The first kappa shape index (κ1) is 13.4. The first-order valence-electron chi connectivity index (χ1n) is 5.60. The van der Waals surface area contributed by atoms with Gasteiger partial charge in [-0.1, -0.05) is 12.2 Å². The summed E-state index contributed by atoms with van der Waals surface area (Å²) >= 11 is 0. The molecule has 0 saturated carbocycles. The molecule has 1 N–H and O–H groups in total. The highest BCUT2D eigenvalue weighted by Gasteiger charge is 2.06. The molecule has 1 amide bonds. The monoisotopic (exact) mass is 237 g/mol. The van der Waals surface area contributed by atoms with E-state index in [1.807, 2.05) is 6.08 Å². The number of halogens is 1. The highest BCUT2D eigenvalue weighted by molar-refractivity contribution is 5.92. The second kappa shape index (κ2) is 6.78. The van der Waals surface area contributed by atoms with Crippen molar-refractivity contribution in [3.63, 3.8) is 0 Å². The van der Waals surface area contributed by atoms with Gasteiger partial charge >= 0.3 is 0 Å². The van der Waals surface area contributed by atoms with Crippen LogP contribution in [-0.4, -0.2) is 18.7 Å². The highest BCUT2D eigenvalue weighted by atomic mass is 19.1. The molecule has 0 heterocycles. The fourth-order valence-electron chi connectivity index (χ4n) is 1.43. The second-order valence-corrected chi connectivity index (χ2v) is 3.77. The lowest BCUT2D eigenvalue weighted by Gasteiger charge is -2.04. The van der Waals surface area contributed by atoms with Gasteiger partial charge < -0.3 is 5.32 Å². The molecule has 1 rings (SSSR count). The van der Waals surface area contributed by atoms with Crippen LogP contribution in [-0.2, 0) is 9.59 Å². The maximum Gasteiger partial charge on any atom is 0.220 e. The van der Waals surface area contributed by atoms with E-state index in [9.17, 15) is 14.0 Å². The van der Waals surface area contributed by atoms with Crippen molar-refractivity contribution in [2.45, 2.75) is 25.7 Å². The predicted molar refractivity (Wildman–Crippen MR) is 64.0 cm³/mol. The predicted octanol–water partition coefficient (Wildman–Crippen LogP) is 2.21. The fourth-order valence-corrected chi connectivity index (χ4v) is 1.43. The average molecular weight is 237 g/mol. The van der Waals surface area contributed by atoms with Crippen molar-refractivity contribution in [1.29, 1.82) is 0 Å². The molecular weight excluding hydrogens is 221 g/mol. The van der Waals surface area contributed by atoms with Crippen LogP contribution in [0.1, 0.15) is 25.7 Å². The Bertz CT molecular complexity index is 394. The largest absolute Gasteiger partial charge is 0.359 e. The van der Waals surface area contributed by atoms with E-state index in [0.717, 1.165) is 0 Å². The lowest BCUT2D eigenvalue weighted by atomic mass is 10.0. The summed E-state index contributed by atoms with van der Waals surface area (Å²) in [5.74, 6) is -0.537. The van der Waals surface area contributed by atoms with Crippen LogP contribution in [0.4, 0.5) is 4.39 Å². The average Bonchev–Trinajstić information content (AvgIpc) is 2.35. The molecule has 4 heteroatoms. The van der Waals surface area contributed by atoms with Crippen LogP contribution >= 0.6 is 0 Å². The second-order valence-electron chi connectivity index (χ2n) is 3.77. The van der Waals surface area contributed by atoms with Crippen LogP contribution in [0.25, 0.3) is 0 Å². The minimum Gasteiger partial charge on any atom is -0.359 e.